The van der Waals surface area contributed by atoms with E-state index in [2.05, 4.69) is 0 Å². The first-order valence-electron chi connectivity index (χ1n) is 7.83. The first kappa shape index (κ1) is 18.3. The van der Waals surface area contributed by atoms with Gasteiger partial charge < -0.3 is 9.32 Å². The summed E-state index contributed by atoms with van der Waals surface area (Å²) in [7, 11) is -4.09. The number of piperazine rings is 1. The molecule has 0 unspecified atom stereocenters. The molecule has 1 fully saturated rings. The number of rotatable bonds is 4. The Bertz CT molecular complexity index is 918. The molecule has 1 saturated heterocycles. The number of carbonyl (C=O) groups excluding carboxylic acids is 1. The Morgan fingerprint density at radius 3 is 2.46 bits per heavy atom. The highest BCUT2D eigenvalue weighted by Crippen LogP contribution is 2.21. The fraction of sp³-hybridized carbons (Fsp3) is 0.235. The Labute approximate surface area is 149 Å². The molecular formula is C17H16F2N2O4S. The number of furan rings is 1. The number of hydrogen-bond donors (Lipinski definition) is 0. The van der Waals surface area contributed by atoms with Gasteiger partial charge in [-0.3, -0.25) is 4.79 Å². The number of hydrogen-bond acceptors (Lipinski definition) is 4. The fourth-order valence-electron chi connectivity index (χ4n) is 2.62. The van der Waals surface area contributed by atoms with Gasteiger partial charge in [0.2, 0.25) is 15.9 Å². The van der Waals surface area contributed by atoms with Gasteiger partial charge in [-0.15, -0.1) is 0 Å². The maximum Gasteiger partial charge on any atom is 0.246 e. The number of nitrogens with zero attached hydrogens (tertiary/aromatic N) is 2. The van der Waals surface area contributed by atoms with Crippen molar-refractivity contribution in [3.05, 3.63) is 60.1 Å². The van der Waals surface area contributed by atoms with E-state index in [1.165, 1.54) is 23.3 Å². The average molecular weight is 382 g/mol. The highest BCUT2D eigenvalue weighted by molar-refractivity contribution is 7.89. The van der Waals surface area contributed by atoms with Crippen LogP contribution in [0.2, 0.25) is 0 Å². The molecule has 0 radical (unpaired) electrons. The molecule has 1 aliphatic heterocycles. The van der Waals surface area contributed by atoms with Crippen molar-refractivity contribution in [3.63, 3.8) is 0 Å². The molecule has 9 heteroatoms. The predicted octanol–water partition coefficient (Wildman–Crippen LogP) is 2.10. The quantitative estimate of drug-likeness (QED) is 0.760. The van der Waals surface area contributed by atoms with E-state index in [1.54, 1.807) is 12.1 Å². The summed E-state index contributed by atoms with van der Waals surface area (Å²) in [5.74, 6) is -1.72. The third-order valence-electron chi connectivity index (χ3n) is 4.00. The molecule has 0 aliphatic carbocycles. The number of carbonyl (C=O) groups is 1. The molecule has 1 aromatic carbocycles. The summed E-state index contributed by atoms with van der Waals surface area (Å²) in [6.45, 7) is 0.395. The summed E-state index contributed by atoms with van der Waals surface area (Å²) in [4.78, 5) is 13.1. The Kier molecular flexibility index (Phi) is 5.19. The molecule has 0 saturated carbocycles. The number of sulfonamides is 1. The van der Waals surface area contributed by atoms with E-state index in [0.717, 1.165) is 16.4 Å². The zero-order valence-electron chi connectivity index (χ0n) is 13.6. The van der Waals surface area contributed by atoms with E-state index < -0.39 is 26.6 Å². The minimum atomic E-state index is -4.09. The van der Waals surface area contributed by atoms with Crippen molar-refractivity contribution in [1.29, 1.82) is 0 Å². The molecule has 6 nitrogen and oxygen atoms in total. The van der Waals surface area contributed by atoms with Crippen LogP contribution in [-0.2, 0) is 14.8 Å². The average Bonchev–Trinajstić information content (AvgIpc) is 3.13. The van der Waals surface area contributed by atoms with Gasteiger partial charge in [0.25, 0.3) is 0 Å². The van der Waals surface area contributed by atoms with Gasteiger partial charge in [-0.2, -0.15) is 4.31 Å². The smallest absolute Gasteiger partial charge is 0.246 e. The minimum Gasteiger partial charge on any atom is -0.465 e. The van der Waals surface area contributed by atoms with Crippen LogP contribution in [0, 0.1) is 11.6 Å². The highest BCUT2D eigenvalue weighted by Gasteiger charge is 2.31. The van der Waals surface area contributed by atoms with Crippen LogP contribution < -0.4 is 0 Å². The molecule has 3 rings (SSSR count). The standard InChI is InChI=1S/C17H16F2N2O4S/c18-13-3-5-16(15(19)12-13)26(23,24)21-9-7-20(8-10-21)17(22)6-4-14-2-1-11-25-14/h1-6,11-12H,7-10H2. The topological polar surface area (TPSA) is 70.8 Å². The lowest BCUT2D eigenvalue weighted by Gasteiger charge is -2.33. The molecule has 1 aliphatic rings. The molecule has 26 heavy (non-hydrogen) atoms. The SMILES string of the molecule is O=C(C=Cc1ccco1)N1CCN(S(=O)(=O)c2ccc(F)cc2F)CC1. The summed E-state index contributed by atoms with van der Waals surface area (Å²) in [5, 5.41) is 0. The lowest BCUT2D eigenvalue weighted by Crippen LogP contribution is -2.50. The molecular weight excluding hydrogens is 366 g/mol. The predicted molar refractivity (Wildman–Crippen MR) is 89.4 cm³/mol. The maximum absolute atomic E-state index is 13.8. The number of benzene rings is 1. The molecule has 0 bridgehead atoms. The van der Waals surface area contributed by atoms with Crippen LogP contribution in [0.15, 0.2) is 52.0 Å². The van der Waals surface area contributed by atoms with Gasteiger partial charge in [-0.05, 0) is 30.3 Å². The summed E-state index contributed by atoms with van der Waals surface area (Å²) >= 11 is 0. The van der Waals surface area contributed by atoms with Gasteiger partial charge in [0, 0.05) is 38.3 Å². The Morgan fingerprint density at radius 2 is 1.85 bits per heavy atom. The van der Waals surface area contributed by atoms with Crippen LogP contribution in [0.1, 0.15) is 5.76 Å². The molecule has 0 N–H and O–H groups in total. The van der Waals surface area contributed by atoms with E-state index in [4.69, 9.17) is 4.42 Å². The zero-order chi connectivity index (χ0) is 18.7. The molecule has 1 amide bonds. The summed E-state index contributed by atoms with van der Waals surface area (Å²) in [6, 6.07) is 5.73. The van der Waals surface area contributed by atoms with Crippen LogP contribution in [0.25, 0.3) is 6.08 Å². The van der Waals surface area contributed by atoms with Crippen molar-refractivity contribution in [3.8, 4) is 0 Å². The monoisotopic (exact) mass is 382 g/mol. The minimum absolute atomic E-state index is 0.0273. The van der Waals surface area contributed by atoms with Crippen molar-refractivity contribution in [2.75, 3.05) is 26.2 Å². The van der Waals surface area contributed by atoms with E-state index in [-0.39, 0.29) is 32.1 Å². The summed E-state index contributed by atoms with van der Waals surface area (Å²) in [5.41, 5.74) is 0. The lowest BCUT2D eigenvalue weighted by molar-refractivity contribution is -0.127. The van der Waals surface area contributed by atoms with Crippen LogP contribution in [-0.4, -0.2) is 49.7 Å². The van der Waals surface area contributed by atoms with Gasteiger partial charge in [0.1, 0.15) is 22.3 Å². The van der Waals surface area contributed by atoms with Gasteiger partial charge >= 0.3 is 0 Å². The molecule has 0 spiro atoms. The van der Waals surface area contributed by atoms with Crippen molar-refractivity contribution in [2.24, 2.45) is 0 Å². The zero-order valence-corrected chi connectivity index (χ0v) is 14.5. The Morgan fingerprint density at radius 1 is 1.12 bits per heavy atom. The van der Waals surface area contributed by atoms with Crippen LogP contribution in [0.3, 0.4) is 0 Å². The van der Waals surface area contributed by atoms with Gasteiger partial charge in [-0.25, -0.2) is 17.2 Å². The second-order valence-electron chi connectivity index (χ2n) is 5.65. The molecule has 2 aromatic rings. The van der Waals surface area contributed by atoms with Gasteiger partial charge in [-0.1, -0.05) is 0 Å². The Hall–Kier alpha value is -2.52. The van der Waals surface area contributed by atoms with E-state index in [0.29, 0.717) is 11.8 Å². The van der Waals surface area contributed by atoms with Gasteiger partial charge in [0.05, 0.1) is 6.26 Å². The van der Waals surface area contributed by atoms with Crippen molar-refractivity contribution in [2.45, 2.75) is 4.90 Å². The third-order valence-corrected chi connectivity index (χ3v) is 5.93. The van der Waals surface area contributed by atoms with Crippen LogP contribution in [0.5, 0.6) is 0 Å². The largest absolute Gasteiger partial charge is 0.465 e. The first-order chi connectivity index (χ1) is 12.4. The molecule has 2 heterocycles. The number of halogens is 2. The second-order valence-corrected chi connectivity index (χ2v) is 7.56. The van der Waals surface area contributed by atoms with E-state index in [1.807, 2.05) is 0 Å². The normalized spacial score (nSPS) is 16.3. The van der Waals surface area contributed by atoms with Crippen molar-refractivity contribution in [1.82, 2.24) is 9.21 Å². The second kappa shape index (κ2) is 7.38. The molecule has 0 atom stereocenters. The Balaban J connectivity index is 1.65. The summed E-state index contributed by atoms with van der Waals surface area (Å²) < 4.78 is 58.0. The lowest BCUT2D eigenvalue weighted by atomic mass is 10.3. The summed E-state index contributed by atoms with van der Waals surface area (Å²) in [6.07, 6.45) is 4.37. The third kappa shape index (κ3) is 3.83. The van der Waals surface area contributed by atoms with Crippen molar-refractivity contribution >= 4 is 22.0 Å². The van der Waals surface area contributed by atoms with Crippen LogP contribution >= 0.6 is 0 Å². The maximum atomic E-state index is 13.8. The first-order valence-corrected chi connectivity index (χ1v) is 9.27. The van der Waals surface area contributed by atoms with E-state index >= 15 is 0 Å². The highest BCUT2D eigenvalue weighted by atomic mass is 32.2. The molecule has 1 aromatic heterocycles. The fourth-order valence-corrected chi connectivity index (χ4v) is 4.08. The molecule has 138 valence electrons. The van der Waals surface area contributed by atoms with E-state index in [9.17, 15) is 22.0 Å². The van der Waals surface area contributed by atoms with Gasteiger partial charge in [0.15, 0.2) is 0 Å². The number of amides is 1. The van der Waals surface area contributed by atoms with Crippen LogP contribution in [0.4, 0.5) is 8.78 Å². The van der Waals surface area contributed by atoms with Crippen molar-refractivity contribution < 1.29 is 26.4 Å².